The summed E-state index contributed by atoms with van der Waals surface area (Å²) in [6, 6.07) is 5.49. The van der Waals surface area contributed by atoms with Gasteiger partial charge in [-0.2, -0.15) is 0 Å². The van der Waals surface area contributed by atoms with E-state index in [1.165, 1.54) is 32.4 Å². The summed E-state index contributed by atoms with van der Waals surface area (Å²) >= 11 is 0. The largest absolute Gasteiger partial charge is 0.469 e. The van der Waals surface area contributed by atoms with Crippen LogP contribution in [0.4, 0.5) is 5.69 Å². The summed E-state index contributed by atoms with van der Waals surface area (Å²) in [5.41, 5.74) is 0.912. The van der Waals surface area contributed by atoms with Crippen molar-refractivity contribution in [2.75, 3.05) is 14.2 Å². The van der Waals surface area contributed by atoms with Gasteiger partial charge in [0.15, 0.2) is 0 Å². The molecule has 8 heteroatoms. The first-order valence-corrected chi connectivity index (χ1v) is 7.76. The number of methoxy groups -OCH3 is 2. The molecule has 1 aliphatic heterocycles. The summed E-state index contributed by atoms with van der Waals surface area (Å²) in [6.45, 7) is 3.44. The van der Waals surface area contributed by atoms with E-state index in [4.69, 9.17) is 9.47 Å². The number of nitro groups is 1. The summed E-state index contributed by atoms with van der Waals surface area (Å²) in [7, 11) is 2.52. The Hall–Kier alpha value is -2.77. The van der Waals surface area contributed by atoms with Crippen molar-refractivity contribution in [1.82, 2.24) is 0 Å². The molecule has 4 unspecified atom stereocenters. The highest BCUT2D eigenvalue weighted by Crippen LogP contribution is 2.41. The molecule has 1 aromatic rings. The molecule has 2 rings (SSSR count). The van der Waals surface area contributed by atoms with Crippen LogP contribution >= 0.6 is 0 Å². The zero-order valence-corrected chi connectivity index (χ0v) is 14.5. The van der Waals surface area contributed by atoms with Gasteiger partial charge >= 0.3 is 11.9 Å². The highest BCUT2D eigenvalue weighted by molar-refractivity contribution is 6.03. The summed E-state index contributed by atoms with van der Waals surface area (Å²) < 4.78 is 9.77. The summed E-state index contributed by atoms with van der Waals surface area (Å²) in [5.74, 6) is -3.29. The molecule has 0 amide bonds. The van der Waals surface area contributed by atoms with Crippen molar-refractivity contribution in [3.8, 4) is 0 Å². The van der Waals surface area contributed by atoms with E-state index < -0.39 is 40.7 Å². The molecule has 0 fully saturated rings. The Labute approximate surface area is 145 Å². The van der Waals surface area contributed by atoms with Crippen LogP contribution in [0.25, 0.3) is 0 Å². The van der Waals surface area contributed by atoms with Crippen molar-refractivity contribution in [2.24, 2.45) is 16.8 Å². The number of esters is 2. The maximum absolute atomic E-state index is 12.4. The van der Waals surface area contributed by atoms with Crippen LogP contribution in [-0.2, 0) is 19.1 Å². The van der Waals surface area contributed by atoms with Gasteiger partial charge in [0, 0.05) is 23.8 Å². The Balaban J connectivity index is 2.65. The highest BCUT2D eigenvalue weighted by Gasteiger charge is 2.47. The van der Waals surface area contributed by atoms with Crippen LogP contribution in [0.3, 0.4) is 0 Å². The van der Waals surface area contributed by atoms with Gasteiger partial charge in [0.2, 0.25) is 0 Å². The number of aliphatic imine (C=N–C) groups is 1. The van der Waals surface area contributed by atoms with Gasteiger partial charge in [-0.1, -0.05) is 12.1 Å². The van der Waals surface area contributed by atoms with E-state index in [0.717, 1.165) is 0 Å². The fourth-order valence-electron chi connectivity index (χ4n) is 3.42. The molecule has 0 saturated carbocycles. The summed E-state index contributed by atoms with van der Waals surface area (Å²) in [6.07, 6.45) is 0. The third-order valence-corrected chi connectivity index (χ3v) is 4.52. The van der Waals surface area contributed by atoms with Crippen molar-refractivity contribution in [2.45, 2.75) is 25.8 Å². The molecule has 8 nitrogen and oxygen atoms in total. The molecule has 1 aromatic carbocycles. The second kappa shape index (κ2) is 7.42. The fraction of sp³-hybridized carbons (Fsp3) is 0.471. The number of rotatable bonds is 4. The number of ether oxygens (including phenoxy) is 2. The quantitative estimate of drug-likeness (QED) is 0.468. The molecule has 0 saturated heterocycles. The van der Waals surface area contributed by atoms with Gasteiger partial charge in [0.05, 0.1) is 31.1 Å². The third-order valence-electron chi connectivity index (χ3n) is 4.52. The SMILES string of the molecule is COC(=O)C1C(C)=NC(C)C(C(=O)OC)C1c1cccc([N+](=O)[O-])c1. The van der Waals surface area contributed by atoms with Crippen molar-refractivity contribution in [1.29, 1.82) is 0 Å². The molecule has 134 valence electrons. The van der Waals surface area contributed by atoms with Gasteiger partial charge in [-0.15, -0.1) is 0 Å². The van der Waals surface area contributed by atoms with E-state index in [-0.39, 0.29) is 5.69 Å². The highest BCUT2D eigenvalue weighted by atomic mass is 16.6. The minimum atomic E-state index is -0.813. The Morgan fingerprint density at radius 2 is 1.84 bits per heavy atom. The number of benzene rings is 1. The number of hydrogen-bond acceptors (Lipinski definition) is 7. The topological polar surface area (TPSA) is 108 Å². The number of nitrogens with zero attached hydrogens (tertiary/aromatic N) is 2. The van der Waals surface area contributed by atoms with Crippen molar-refractivity contribution in [3.63, 3.8) is 0 Å². The number of carbonyl (C=O) groups is 2. The van der Waals surface area contributed by atoms with Gasteiger partial charge in [-0.25, -0.2) is 0 Å². The lowest BCUT2D eigenvalue weighted by Gasteiger charge is -2.37. The molecule has 25 heavy (non-hydrogen) atoms. The lowest BCUT2D eigenvalue weighted by atomic mass is 9.70. The lowest BCUT2D eigenvalue weighted by molar-refractivity contribution is -0.384. The minimum Gasteiger partial charge on any atom is -0.469 e. The first kappa shape index (κ1) is 18.6. The summed E-state index contributed by atoms with van der Waals surface area (Å²) in [4.78, 5) is 39.7. The van der Waals surface area contributed by atoms with Gasteiger partial charge < -0.3 is 9.47 Å². The van der Waals surface area contributed by atoms with Crippen LogP contribution in [0.1, 0.15) is 25.3 Å². The lowest BCUT2D eigenvalue weighted by Crippen LogP contribution is -2.45. The number of nitro benzene ring substituents is 1. The van der Waals surface area contributed by atoms with E-state index >= 15 is 0 Å². The molecule has 1 aliphatic rings. The number of carbonyl (C=O) groups excluding carboxylic acids is 2. The van der Waals surface area contributed by atoms with Crippen LogP contribution in [0, 0.1) is 22.0 Å². The van der Waals surface area contributed by atoms with Crippen molar-refractivity contribution < 1.29 is 24.0 Å². The molecule has 0 N–H and O–H groups in total. The molecule has 0 bridgehead atoms. The van der Waals surface area contributed by atoms with Gasteiger partial charge in [0.25, 0.3) is 5.69 Å². The molecule has 0 spiro atoms. The molecular formula is C17H20N2O6. The molecule has 0 radical (unpaired) electrons. The van der Waals surface area contributed by atoms with Gasteiger partial charge in [-0.05, 0) is 19.4 Å². The number of non-ortho nitro benzene ring substituents is 1. The Morgan fingerprint density at radius 3 is 2.40 bits per heavy atom. The zero-order valence-electron chi connectivity index (χ0n) is 14.5. The van der Waals surface area contributed by atoms with Crippen LogP contribution in [0.5, 0.6) is 0 Å². The average Bonchev–Trinajstić information content (AvgIpc) is 2.59. The predicted octanol–water partition coefficient (Wildman–Crippen LogP) is 2.12. The van der Waals surface area contributed by atoms with Gasteiger partial charge in [-0.3, -0.25) is 24.7 Å². The normalized spacial score (nSPS) is 25.7. The van der Waals surface area contributed by atoms with E-state index in [2.05, 4.69) is 4.99 Å². The monoisotopic (exact) mass is 348 g/mol. The standard InChI is InChI=1S/C17H20N2O6/c1-9-13(16(20)24-3)15(14(10(2)18-9)17(21)25-4)11-6-5-7-12(8-11)19(22)23/h5-9,13-15H,1-4H3. The first-order chi connectivity index (χ1) is 11.8. The van der Waals surface area contributed by atoms with Crippen LogP contribution < -0.4 is 0 Å². The van der Waals surface area contributed by atoms with Crippen LogP contribution in [0.2, 0.25) is 0 Å². The third kappa shape index (κ3) is 3.52. The predicted molar refractivity (Wildman–Crippen MR) is 89.4 cm³/mol. The van der Waals surface area contributed by atoms with Gasteiger partial charge in [0.1, 0.15) is 5.92 Å². The Bertz CT molecular complexity index is 730. The molecule has 0 aromatic heterocycles. The molecule has 0 aliphatic carbocycles. The van der Waals surface area contributed by atoms with E-state index in [1.807, 2.05) is 0 Å². The van der Waals surface area contributed by atoms with E-state index in [9.17, 15) is 19.7 Å². The minimum absolute atomic E-state index is 0.113. The zero-order chi connectivity index (χ0) is 18.7. The van der Waals surface area contributed by atoms with Crippen LogP contribution in [0.15, 0.2) is 29.3 Å². The molecular weight excluding hydrogens is 328 g/mol. The number of hydrogen-bond donors (Lipinski definition) is 0. The smallest absolute Gasteiger partial charge is 0.315 e. The maximum Gasteiger partial charge on any atom is 0.315 e. The first-order valence-electron chi connectivity index (χ1n) is 7.76. The average molecular weight is 348 g/mol. The van der Waals surface area contributed by atoms with Crippen LogP contribution in [-0.4, -0.2) is 42.8 Å². The van der Waals surface area contributed by atoms with Crippen molar-refractivity contribution in [3.05, 3.63) is 39.9 Å². The van der Waals surface area contributed by atoms with Crippen molar-refractivity contribution >= 4 is 23.3 Å². The summed E-state index contributed by atoms with van der Waals surface area (Å²) in [5, 5.41) is 11.1. The van der Waals surface area contributed by atoms with E-state index in [1.54, 1.807) is 19.9 Å². The molecule has 1 heterocycles. The second-order valence-corrected chi connectivity index (χ2v) is 5.94. The van der Waals surface area contributed by atoms with E-state index in [0.29, 0.717) is 11.3 Å². The Morgan fingerprint density at radius 1 is 1.20 bits per heavy atom. The maximum atomic E-state index is 12.4. The second-order valence-electron chi connectivity index (χ2n) is 5.94. The fourth-order valence-corrected chi connectivity index (χ4v) is 3.42. The molecule has 4 atom stereocenters. The Kier molecular flexibility index (Phi) is 5.51.